The molecule has 1 N–H and O–H groups in total. The standard InChI is InChI=1S/C15H16N4O/c1-4-12-14(17-3)18-9-19-15(12)20-13-7-11(8-16)6-5-10(13)2/h5-7,9H,4H2,1-3H3,(H,17,18,19). The fraction of sp³-hybridized carbons (Fsp3) is 0.267. The lowest BCUT2D eigenvalue weighted by Gasteiger charge is -2.13. The van der Waals surface area contributed by atoms with Crippen LogP contribution in [0, 0.1) is 18.3 Å². The van der Waals surface area contributed by atoms with Crippen LogP contribution in [0.4, 0.5) is 5.82 Å². The largest absolute Gasteiger partial charge is 0.438 e. The third-order valence-electron chi connectivity index (χ3n) is 3.02. The van der Waals surface area contributed by atoms with Gasteiger partial charge in [-0.05, 0) is 31.0 Å². The van der Waals surface area contributed by atoms with E-state index in [1.165, 1.54) is 6.33 Å². The lowest BCUT2D eigenvalue weighted by atomic mass is 10.1. The summed E-state index contributed by atoms with van der Waals surface area (Å²) in [5, 5.41) is 12.0. The van der Waals surface area contributed by atoms with E-state index in [0.29, 0.717) is 17.2 Å². The Kier molecular flexibility index (Phi) is 4.16. The van der Waals surface area contributed by atoms with Crippen LogP contribution >= 0.6 is 0 Å². The first-order chi connectivity index (χ1) is 9.69. The van der Waals surface area contributed by atoms with E-state index < -0.39 is 0 Å². The van der Waals surface area contributed by atoms with Crippen molar-refractivity contribution in [2.24, 2.45) is 0 Å². The van der Waals surface area contributed by atoms with E-state index in [4.69, 9.17) is 10.00 Å². The first-order valence-electron chi connectivity index (χ1n) is 6.39. The summed E-state index contributed by atoms with van der Waals surface area (Å²) in [7, 11) is 1.81. The van der Waals surface area contributed by atoms with Crippen molar-refractivity contribution in [1.29, 1.82) is 5.26 Å². The summed E-state index contributed by atoms with van der Waals surface area (Å²) in [6.07, 6.45) is 2.22. The predicted octanol–water partition coefficient (Wildman–Crippen LogP) is 3.05. The maximum atomic E-state index is 8.96. The number of aromatic nitrogens is 2. The van der Waals surface area contributed by atoms with E-state index in [0.717, 1.165) is 23.4 Å². The highest BCUT2D eigenvalue weighted by Crippen LogP contribution is 2.29. The highest BCUT2D eigenvalue weighted by molar-refractivity contribution is 5.50. The quantitative estimate of drug-likeness (QED) is 0.922. The third-order valence-corrected chi connectivity index (χ3v) is 3.02. The molecule has 0 fully saturated rings. The van der Waals surface area contributed by atoms with Crippen molar-refractivity contribution in [3.8, 4) is 17.7 Å². The number of nitrogens with zero attached hydrogens (tertiary/aromatic N) is 3. The molecule has 0 radical (unpaired) electrons. The summed E-state index contributed by atoms with van der Waals surface area (Å²) in [6, 6.07) is 7.45. The SMILES string of the molecule is CCc1c(NC)ncnc1Oc1cc(C#N)ccc1C. The van der Waals surface area contributed by atoms with Gasteiger partial charge in [0.25, 0.3) is 0 Å². The fourth-order valence-corrected chi connectivity index (χ4v) is 1.90. The highest BCUT2D eigenvalue weighted by Gasteiger charge is 2.12. The fourth-order valence-electron chi connectivity index (χ4n) is 1.90. The van der Waals surface area contributed by atoms with E-state index in [-0.39, 0.29) is 0 Å². The van der Waals surface area contributed by atoms with Crippen LogP contribution in [0.2, 0.25) is 0 Å². The zero-order valence-corrected chi connectivity index (χ0v) is 11.8. The molecule has 5 nitrogen and oxygen atoms in total. The van der Waals surface area contributed by atoms with Gasteiger partial charge in [-0.2, -0.15) is 5.26 Å². The number of aryl methyl sites for hydroxylation is 1. The lowest BCUT2D eigenvalue weighted by molar-refractivity contribution is 0.452. The number of nitriles is 1. The molecular formula is C15H16N4O. The van der Waals surface area contributed by atoms with E-state index in [2.05, 4.69) is 21.4 Å². The van der Waals surface area contributed by atoms with Gasteiger partial charge in [0.15, 0.2) is 0 Å². The van der Waals surface area contributed by atoms with E-state index in [9.17, 15) is 0 Å². The molecule has 102 valence electrons. The summed E-state index contributed by atoms with van der Waals surface area (Å²) in [5.74, 6) is 1.91. The molecule has 0 atom stereocenters. The van der Waals surface area contributed by atoms with Gasteiger partial charge in [0.05, 0.1) is 17.2 Å². The number of rotatable bonds is 4. The number of ether oxygens (including phenoxy) is 1. The Balaban J connectivity index is 2.42. The number of nitrogens with one attached hydrogen (secondary N) is 1. The Morgan fingerprint density at radius 3 is 2.80 bits per heavy atom. The minimum atomic E-state index is 0.519. The number of hydrogen-bond donors (Lipinski definition) is 1. The molecule has 0 aliphatic rings. The van der Waals surface area contributed by atoms with Gasteiger partial charge in [0, 0.05) is 7.05 Å². The van der Waals surface area contributed by atoms with Crippen molar-refractivity contribution < 1.29 is 4.74 Å². The second-order valence-corrected chi connectivity index (χ2v) is 4.30. The lowest BCUT2D eigenvalue weighted by Crippen LogP contribution is -2.03. The highest BCUT2D eigenvalue weighted by atomic mass is 16.5. The third kappa shape index (κ3) is 2.69. The molecule has 1 heterocycles. The second-order valence-electron chi connectivity index (χ2n) is 4.30. The first kappa shape index (κ1) is 13.8. The smallest absolute Gasteiger partial charge is 0.227 e. The van der Waals surface area contributed by atoms with Crippen molar-refractivity contribution >= 4 is 5.82 Å². The van der Waals surface area contributed by atoms with Crippen molar-refractivity contribution in [3.63, 3.8) is 0 Å². The normalized spacial score (nSPS) is 9.90. The molecule has 5 heteroatoms. The van der Waals surface area contributed by atoms with Crippen LogP contribution in [0.1, 0.15) is 23.6 Å². The van der Waals surface area contributed by atoms with Gasteiger partial charge in [-0.25, -0.2) is 9.97 Å². The molecule has 0 spiro atoms. The predicted molar refractivity (Wildman–Crippen MR) is 76.9 cm³/mol. The van der Waals surface area contributed by atoms with E-state index in [1.807, 2.05) is 27.0 Å². The Labute approximate surface area is 118 Å². The van der Waals surface area contributed by atoms with Crippen LogP contribution in [0.5, 0.6) is 11.6 Å². The van der Waals surface area contributed by atoms with Gasteiger partial charge in [-0.15, -0.1) is 0 Å². The first-order valence-corrected chi connectivity index (χ1v) is 6.39. The average molecular weight is 268 g/mol. The Morgan fingerprint density at radius 1 is 1.35 bits per heavy atom. The summed E-state index contributed by atoms with van der Waals surface area (Å²) >= 11 is 0. The molecule has 0 aliphatic carbocycles. The molecule has 2 aromatic rings. The summed E-state index contributed by atoms with van der Waals surface area (Å²) in [5.41, 5.74) is 2.43. The molecule has 1 aromatic carbocycles. The molecule has 0 aliphatic heterocycles. The van der Waals surface area contributed by atoms with Crippen LogP contribution in [0.3, 0.4) is 0 Å². The topological polar surface area (TPSA) is 70.8 Å². The molecule has 0 saturated carbocycles. The summed E-state index contributed by atoms with van der Waals surface area (Å²) < 4.78 is 5.87. The van der Waals surface area contributed by atoms with Crippen molar-refractivity contribution in [2.45, 2.75) is 20.3 Å². The van der Waals surface area contributed by atoms with Crippen molar-refractivity contribution in [2.75, 3.05) is 12.4 Å². The van der Waals surface area contributed by atoms with Crippen LogP contribution in [0.25, 0.3) is 0 Å². The Bertz CT molecular complexity index is 661. The molecule has 0 saturated heterocycles. The summed E-state index contributed by atoms with van der Waals surface area (Å²) in [4.78, 5) is 8.37. The van der Waals surface area contributed by atoms with Gasteiger partial charge in [0.1, 0.15) is 17.9 Å². The van der Waals surface area contributed by atoms with Gasteiger partial charge < -0.3 is 10.1 Å². The van der Waals surface area contributed by atoms with E-state index >= 15 is 0 Å². The van der Waals surface area contributed by atoms with Crippen molar-refractivity contribution in [1.82, 2.24) is 9.97 Å². The molecule has 2 rings (SSSR count). The molecule has 0 amide bonds. The van der Waals surface area contributed by atoms with Crippen LogP contribution in [0.15, 0.2) is 24.5 Å². The molecule has 1 aromatic heterocycles. The maximum Gasteiger partial charge on any atom is 0.227 e. The molecule has 20 heavy (non-hydrogen) atoms. The van der Waals surface area contributed by atoms with Gasteiger partial charge >= 0.3 is 0 Å². The zero-order chi connectivity index (χ0) is 14.5. The van der Waals surface area contributed by atoms with Crippen LogP contribution in [-0.4, -0.2) is 17.0 Å². The van der Waals surface area contributed by atoms with E-state index in [1.54, 1.807) is 12.1 Å². The van der Waals surface area contributed by atoms with Crippen LogP contribution in [-0.2, 0) is 6.42 Å². The monoisotopic (exact) mass is 268 g/mol. The molecule has 0 unspecified atom stereocenters. The zero-order valence-electron chi connectivity index (χ0n) is 11.8. The molecule has 0 bridgehead atoms. The van der Waals surface area contributed by atoms with Gasteiger partial charge in [-0.3, -0.25) is 0 Å². The van der Waals surface area contributed by atoms with Crippen LogP contribution < -0.4 is 10.1 Å². The minimum absolute atomic E-state index is 0.519. The van der Waals surface area contributed by atoms with Gasteiger partial charge in [0.2, 0.25) is 5.88 Å². The maximum absolute atomic E-state index is 8.96. The molecular weight excluding hydrogens is 252 g/mol. The Morgan fingerprint density at radius 2 is 2.15 bits per heavy atom. The number of anilines is 1. The van der Waals surface area contributed by atoms with Crippen molar-refractivity contribution in [3.05, 3.63) is 41.2 Å². The minimum Gasteiger partial charge on any atom is -0.438 e. The number of hydrogen-bond acceptors (Lipinski definition) is 5. The van der Waals surface area contributed by atoms with Gasteiger partial charge in [-0.1, -0.05) is 13.0 Å². The number of benzene rings is 1. The second kappa shape index (κ2) is 6.02. The Hall–Kier alpha value is -2.61. The summed E-state index contributed by atoms with van der Waals surface area (Å²) in [6.45, 7) is 3.95. The average Bonchev–Trinajstić information content (AvgIpc) is 2.49.